The summed E-state index contributed by atoms with van der Waals surface area (Å²) in [5.74, 6) is 1.29. The highest BCUT2D eigenvalue weighted by molar-refractivity contribution is 5.80. The first-order valence-electron chi connectivity index (χ1n) is 12.1. The topological polar surface area (TPSA) is 52.1 Å². The van der Waals surface area contributed by atoms with E-state index >= 15 is 0 Å². The largest absolute Gasteiger partial charge is 0.436 e. The molecule has 0 N–H and O–H groups in total. The van der Waals surface area contributed by atoms with E-state index in [0.29, 0.717) is 11.8 Å². The van der Waals surface area contributed by atoms with Crippen LogP contribution in [0.1, 0.15) is 33.4 Å². The lowest BCUT2D eigenvalue weighted by Crippen LogP contribution is -1.80. The molecule has 6 rings (SSSR count). The molecule has 4 nitrogen and oxygen atoms in total. The molecule has 0 amide bonds. The molecule has 0 saturated heterocycles. The lowest BCUT2D eigenvalue weighted by atomic mass is 10.1. The van der Waals surface area contributed by atoms with Gasteiger partial charge in [0.25, 0.3) is 0 Å². The third-order valence-corrected chi connectivity index (χ3v) is 6.79. The van der Waals surface area contributed by atoms with Crippen molar-refractivity contribution in [3.8, 4) is 22.9 Å². The Morgan fingerprint density at radius 1 is 0.500 bits per heavy atom. The maximum absolute atomic E-state index is 6.00. The summed E-state index contributed by atoms with van der Waals surface area (Å²) in [4.78, 5) is 9.33. The zero-order valence-corrected chi connectivity index (χ0v) is 20.8. The van der Waals surface area contributed by atoms with Crippen molar-refractivity contribution in [2.45, 2.75) is 27.7 Å². The summed E-state index contributed by atoms with van der Waals surface area (Å²) in [5.41, 5.74) is 12.4. The zero-order chi connectivity index (χ0) is 24.8. The first kappa shape index (κ1) is 22.1. The third-order valence-electron chi connectivity index (χ3n) is 6.79. The molecule has 2 aromatic heterocycles. The minimum Gasteiger partial charge on any atom is -0.436 e. The number of aromatic nitrogens is 2. The molecule has 0 radical (unpaired) electrons. The Kier molecular flexibility index (Phi) is 5.30. The molecule has 0 saturated carbocycles. The quantitative estimate of drug-likeness (QED) is 0.242. The van der Waals surface area contributed by atoms with Crippen molar-refractivity contribution in [2.75, 3.05) is 0 Å². The molecule has 0 aliphatic rings. The van der Waals surface area contributed by atoms with E-state index in [9.17, 15) is 0 Å². The van der Waals surface area contributed by atoms with Gasteiger partial charge < -0.3 is 8.83 Å². The van der Waals surface area contributed by atoms with Crippen LogP contribution in [0.15, 0.2) is 81.6 Å². The molecule has 2 heterocycles. The number of oxazole rings is 2. The number of fused-ring (bicyclic) bond motifs is 2. The van der Waals surface area contributed by atoms with Crippen LogP contribution < -0.4 is 0 Å². The van der Waals surface area contributed by atoms with Crippen LogP contribution in [-0.4, -0.2) is 9.97 Å². The molecule has 176 valence electrons. The van der Waals surface area contributed by atoms with Crippen molar-refractivity contribution < 1.29 is 8.83 Å². The van der Waals surface area contributed by atoms with Crippen LogP contribution in [0.2, 0.25) is 0 Å². The van der Waals surface area contributed by atoms with Gasteiger partial charge in [-0.3, -0.25) is 0 Å². The van der Waals surface area contributed by atoms with Gasteiger partial charge in [-0.15, -0.1) is 0 Å². The van der Waals surface area contributed by atoms with E-state index in [0.717, 1.165) is 44.5 Å². The molecular weight excluding hydrogens is 444 g/mol. The SMILES string of the molecule is Cc1cc2nc(-c3ccc(C=Cc4ccc(-c5nc6cc(C)c(C)cc6o5)cc4)cc3)oc2cc1C. The molecule has 0 aliphatic heterocycles. The smallest absolute Gasteiger partial charge is 0.227 e. The van der Waals surface area contributed by atoms with E-state index in [-0.39, 0.29) is 0 Å². The lowest BCUT2D eigenvalue weighted by Gasteiger charge is -1.99. The summed E-state index contributed by atoms with van der Waals surface area (Å²) >= 11 is 0. The maximum Gasteiger partial charge on any atom is 0.227 e. The van der Waals surface area contributed by atoms with Crippen molar-refractivity contribution in [3.05, 3.63) is 106 Å². The van der Waals surface area contributed by atoms with Crippen molar-refractivity contribution in [2.24, 2.45) is 0 Å². The summed E-state index contributed by atoms with van der Waals surface area (Å²) in [6.07, 6.45) is 4.20. The second kappa shape index (κ2) is 8.65. The number of hydrogen-bond acceptors (Lipinski definition) is 4. The highest BCUT2D eigenvalue weighted by Gasteiger charge is 2.11. The van der Waals surface area contributed by atoms with Gasteiger partial charge in [0.15, 0.2) is 11.2 Å². The van der Waals surface area contributed by atoms with Crippen LogP contribution in [0.3, 0.4) is 0 Å². The first-order valence-corrected chi connectivity index (χ1v) is 12.1. The molecule has 0 spiro atoms. The minimum absolute atomic E-state index is 0.644. The van der Waals surface area contributed by atoms with Gasteiger partial charge in [0.1, 0.15) is 11.0 Å². The number of aryl methyl sites for hydroxylation is 4. The molecule has 4 aromatic carbocycles. The normalized spacial score (nSPS) is 11.8. The summed E-state index contributed by atoms with van der Waals surface area (Å²) in [5, 5.41) is 0. The number of rotatable bonds is 4. The van der Waals surface area contributed by atoms with Crippen LogP contribution in [0.5, 0.6) is 0 Å². The molecule has 6 aromatic rings. The Bertz CT molecular complexity index is 1540. The summed E-state index contributed by atoms with van der Waals surface area (Å²) in [6, 6.07) is 24.7. The molecule has 0 fully saturated rings. The predicted molar refractivity (Wildman–Crippen MR) is 147 cm³/mol. The van der Waals surface area contributed by atoms with E-state index in [1.165, 1.54) is 22.3 Å². The van der Waals surface area contributed by atoms with Gasteiger partial charge in [-0.05, 0) is 110 Å². The molecule has 0 bridgehead atoms. The van der Waals surface area contributed by atoms with E-state index in [4.69, 9.17) is 8.83 Å². The van der Waals surface area contributed by atoms with E-state index in [1.54, 1.807) is 0 Å². The van der Waals surface area contributed by atoms with Crippen molar-refractivity contribution in [3.63, 3.8) is 0 Å². The average Bonchev–Trinajstić information content (AvgIpc) is 3.47. The molecule has 0 unspecified atom stereocenters. The van der Waals surface area contributed by atoms with Gasteiger partial charge in [0.05, 0.1) is 0 Å². The van der Waals surface area contributed by atoms with E-state index < -0.39 is 0 Å². The van der Waals surface area contributed by atoms with Crippen LogP contribution in [0, 0.1) is 27.7 Å². The number of benzene rings is 4. The van der Waals surface area contributed by atoms with E-state index in [2.05, 4.69) is 98.3 Å². The zero-order valence-electron chi connectivity index (χ0n) is 20.8. The fraction of sp³-hybridized carbons (Fsp3) is 0.125. The monoisotopic (exact) mass is 470 g/mol. The Labute approximate surface area is 209 Å². The predicted octanol–water partition coefficient (Wildman–Crippen LogP) is 8.71. The van der Waals surface area contributed by atoms with Crippen LogP contribution in [-0.2, 0) is 0 Å². The van der Waals surface area contributed by atoms with Crippen molar-refractivity contribution in [1.29, 1.82) is 0 Å². The van der Waals surface area contributed by atoms with E-state index in [1.807, 2.05) is 24.3 Å². The van der Waals surface area contributed by atoms with Gasteiger partial charge in [-0.2, -0.15) is 0 Å². The molecule has 4 heteroatoms. The van der Waals surface area contributed by atoms with Gasteiger partial charge in [-0.1, -0.05) is 36.4 Å². The van der Waals surface area contributed by atoms with Crippen molar-refractivity contribution >= 4 is 34.4 Å². The second-order valence-corrected chi connectivity index (χ2v) is 9.42. The van der Waals surface area contributed by atoms with Gasteiger partial charge in [0, 0.05) is 11.1 Å². The summed E-state index contributed by atoms with van der Waals surface area (Å²) in [6.45, 7) is 8.36. The standard InChI is InChI=1S/C32H26N2O2/c1-19-15-27-29(17-21(19)3)35-31(33-27)25-11-7-23(8-12-25)5-6-24-9-13-26(14-10-24)32-34-28-16-20(2)22(4)18-30(28)36-32/h5-18H,1-4H3. The lowest BCUT2D eigenvalue weighted by molar-refractivity contribution is 0.619. The molecule has 0 aliphatic carbocycles. The Morgan fingerprint density at radius 3 is 1.25 bits per heavy atom. The van der Waals surface area contributed by atoms with Gasteiger partial charge >= 0.3 is 0 Å². The average molecular weight is 471 g/mol. The third kappa shape index (κ3) is 4.11. The molecule has 36 heavy (non-hydrogen) atoms. The minimum atomic E-state index is 0.644. The van der Waals surface area contributed by atoms with Crippen LogP contribution in [0.25, 0.3) is 57.3 Å². The Balaban J connectivity index is 1.18. The van der Waals surface area contributed by atoms with Crippen LogP contribution >= 0.6 is 0 Å². The van der Waals surface area contributed by atoms with Crippen molar-refractivity contribution in [1.82, 2.24) is 9.97 Å². The fourth-order valence-electron chi connectivity index (χ4n) is 4.27. The van der Waals surface area contributed by atoms with Gasteiger partial charge in [-0.25, -0.2) is 9.97 Å². The molecular formula is C32H26N2O2. The summed E-state index contributed by atoms with van der Waals surface area (Å²) in [7, 11) is 0. The second-order valence-electron chi connectivity index (χ2n) is 9.42. The first-order chi connectivity index (χ1) is 17.4. The van der Waals surface area contributed by atoms with Gasteiger partial charge in [0.2, 0.25) is 11.8 Å². The Hall–Kier alpha value is -4.44. The Morgan fingerprint density at radius 2 is 0.861 bits per heavy atom. The highest BCUT2D eigenvalue weighted by Crippen LogP contribution is 2.28. The summed E-state index contributed by atoms with van der Waals surface area (Å²) < 4.78 is 12.0. The highest BCUT2D eigenvalue weighted by atomic mass is 16.4. The molecule has 0 atom stereocenters. The number of hydrogen-bond donors (Lipinski definition) is 0. The number of nitrogens with zero attached hydrogens (tertiary/aromatic N) is 2. The maximum atomic E-state index is 6.00. The fourth-order valence-corrected chi connectivity index (χ4v) is 4.27. The van der Waals surface area contributed by atoms with Crippen LogP contribution in [0.4, 0.5) is 0 Å².